The first-order chi connectivity index (χ1) is 7.02. The lowest BCUT2D eigenvalue weighted by Gasteiger charge is -2.13. The molecule has 0 atom stereocenters. The van der Waals surface area contributed by atoms with Gasteiger partial charge < -0.3 is 5.32 Å². The van der Waals surface area contributed by atoms with E-state index in [1.54, 1.807) is 11.3 Å². The van der Waals surface area contributed by atoms with Crippen molar-refractivity contribution in [1.29, 1.82) is 0 Å². The summed E-state index contributed by atoms with van der Waals surface area (Å²) in [5.41, 5.74) is -0.0234. The van der Waals surface area contributed by atoms with Gasteiger partial charge in [0.15, 0.2) is 5.82 Å². The summed E-state index contributed by atoms with van der Waals surface area (Å²) in [6.45, 7) is 7.11. The van der Waals surface area contributed by atoms with Crippen molar-refractivity contribution >= 4 is 16.3 Å². The molecule has 0 saturated heterocycles. The summed E-state index contributed by atoms with van der Waals surface area (Å²) in [5, 5.41) is 16.9. The fourth-order valence-corrected chi connectivity index (χ4v) is 2.19. The lowest BCUT2D eigenvalue weighted by atomic mass is 9.96. The first-order valence-corrected chi connectivity index (χ1v) is 5.70. The molecule has 5 nitrogen and oxygen atoms in total. The van der Waals surface area contributed by atoms with Crippen molar-refractivity contribution in [2.75, 3.05) is 7.05 Å². The summed E-state index contributed by atoms with van der Waals surface area (Å²) in [6, 6.07) is 0. The maximum absolute atomic E-state index is 4.48. The molecule has 2 aromatic heterocycles. The second-order valence-corrected chi connectivity index (χ2v) is 5.53. The minimum atomic E-state index is -0.0234. The molecule has 0 fully saturated rings. The van der Waals surface area contributed by atoms with Gasteiger partial charge in [0.2, 0.25) is 4.96 Å². The Bertz CT molecular complexity index is 464. The maximum atomic E-state index is 4.48. The van der Waals surface area contributed by atoms with Crippen LogP contribution in [0.3, 0.4) is 0 Å². The number of nitrogens with zero attached hydrogens (tertiary/aromatic N) is 4. The molecule has 0 spiro atoms. The summed E-state index contributed by atoms with van der Waals surface area (Å²) in [7, 11) is 1.91. The molecular formula is C9H15N5S. The van der Waals surface area contributed by atoms with Crippen molar-refractivity contribution in [2.45, 2.75) is 32.7 Å². The van der Waals surface area contributed by atoms with Crippen LogP contribution in [0, 0.1) is 0 Å². The molecule has 6 heteroatoms. The van der Waals surface area contributed by atoms with Crippen molar-refractivity contribution in [3.8, 4) is 0 Å². The van der Waals surface area contributed by atoms with E-state index in [0.29, 0.717) is 0 Å². The Balaban J connectivity index is 2.49. The van der Waals surface area contributed by atoms with E-state index in [0.717, 1.165) is 22.3 Å². The van der Waals surface area contributed by atoms with Crippen LogP contribution in [0.25, 0.3) is 4.96 Å². The highest BCUT2D eigenvalue weighted by Crippen LogP contribution is 2.22. The van der Waals surface area contributed by atoms with Crippen molar-refractivity contribution in [3.63, 3.8) is 0 Å². The first-order valence-electron chi connectivity index (χ1n) is 4.88. The summed E-state index contributed by atoms with van der Waals surface area (Å²) >= 11 is 1.57. The maximum Gasteiger partial charge on any atom is 0.234 e. The summed E-state index contributed by atoms with van der Waals surface area (Å²) in [5.74, 6) is 0.913. The summed E-state index contributed by atoms with van der Waals surface area (Å²) in [6.07, 6.45) is 0. The highest BCUT2D eigenvalue weighted by molar-refractivity contribution is 7.16. The molecule has 0 aliphatic carbocycles. The molecule has 0 aromatic carbocycles. The van der Waals surface area contributed by atoms with Crippen LogP contribution in [0.2, 0.25) is 0 Å². The fourth-order valence-electron chi connectivity index (χ4n) is 1.35. The molecule has 0 bridgehead atoms. The van der Waals surface area contributed by atoms with E-state index in [4.69, 9.17) is 0 Å². The van der Waals surface area contributed by atoms with E-state index in [1.165, 1.54) is 0 Å². The van der Waals surface area contributed by atoms with Crippen molar-refractivity contribution < 1.29 is 0 Å². The highest BCUT2D eigenvalue weighted by atomic mass is 32.1. The molecule has 15 heavy (non-hydrogen) atoms. The van der Waals surface area contributed by atoms with E-state index in [1.807, 2.05) is 11.6 Å². The normalized spacial score (nSPS) is 12.5. The lowest BCUT2D eigenvalue weighted by Crippen LogP contribution is -2.16. The predicted molar refractivity (Wildman–Crippen MR) is 60.1 cm³/mol. The lowest BCUT2D eigenvalue weighted by molar-refractivity contribution is 0.526. The number of aromatic nitrogens is 4. The second-order valence-electron chi connectivity index (χ2n) is 4.49. The van der Waals surface area contributed by atoms with Crippen LogP contribution in [0.5, 0.6) is 0 Å². The van der Waals surface area contributed by atoms with Gasteiger partial charge in [0.1, 0.15) is 5.01 Å². The molecule has 0 unspecified atom stereocenters. The molecule has 1 N–H and O–H groups in total. The molecule has 0 amide bonds. The second kappa shape index (κ2) is 3.53. The van der Waals surface area contributed by atoms with Crippen molar-refractivity contribution in [2.24, 2.45) is 0 Å². The van der Waals surface area contributed by atoms with Crippen molar-refractivity contribution in [1.82, 2.24) is 25.1 Å². The van der Waals surface area contributed by atoms with Crippen LogP contribution in [-0.4, -0.2) is 26.9 Å². The zero-order valence-electron chi connectivity index (χ0n) is 9.40. The number of rotatable bonds is 2. The van der Waals surface area contributed by atoms with Gasteiger partial charge in [0.05, 0.1) is 0 Å². The quantitative estimate of drug-likeness (QED) is 0.834. The van der Waals surface area contributed by atoms with Crippen LogP contribution < -0.4 is 5.32 Å². The average Bonchev–Trinajstić information content (AvgIpc) is 2.60. The molecule has 2 aromatic rings. The zero-order valence-corrected chi connectivity index (χ0v) is 10.2. The number of fused-ring (bicyclic) bond motifs is 1. The minimum absolute atomic E-state index is 0.0234. The van der Waals surface area contributed by atoms with Gasteiger partial charge in [-0.15, -0.1) is 10.2 Å². The molecule has 2 heterocycles. The van der Waals surface area contributed by atoms with E-state index in [9.17, 15) is 0 Å². The number of hydrogen-bond donors (Lipinski definition) is 1. The Hall–Kier alpha value is -1.01. The number of hydrogen-bond acceptors (Lipinski definition) is 5. The Labute approximate surface area is 92.5 Å². The molecule has 0 aliphatic heterocycles. The van der Waals surface area contributed by atoms with E-state index in [2.05, 4.69) is 41.4 Å². The third-order valence-corrected chi connectivity index (χ3v) is 2.93. The van der Waals surface area contributed by atoms with Gasteiger partial charge in [-0.25, -0.2) is 0 Å². The fraction of sp³-hybridized carbons (Fsp3) is 0.667. The molecule has 0 saturated carbocycles. The van der Waals surface area contributed by atoms with E-state index in [-0.39, 0.29) is 5.41 Å². The molecular weight excluding hydrogens is 210 g/mol. The smallest absolute Gasteiger partial charge is 0.234 e. The van der Waals surface area contributed by atoms with Gasteiger partial charge in [-0.2, -0.15) is 9.61 Å². The third-order valence-electron chi connectivity index (χ3n) is 2.03. The standard InChI is InChI=1S/C9H15N5S/c1-9(2,3)7-11-12-8-14(7)13-6(15-8)5-10-4/h10H,5H2,1-4H3. The average molecular weight is 225 g/mol. The Morgan fingerprint density at radius 2 is 2.07 bits per heavy atom. The summed E-state index contributed by atoms with van der Waals surface area (Å²) in [4.78, 5) is 0.866. The van der Waals surface area contributed by atoms with Gasteiger partial charge in [-0.3, -0.25) is 0 Å². The van der Waals surface area contributed by atoms with Gasteiger partial charge >= 0.3 is 0 Å². The Morgan fingerprint density at radius 3 is 2.67 bits per heavy atom. The molecule has 0 aliphatic rings. The number of nitrogens with one attached hydrogen (secondary N) is 1. The van der Waals surface area contributed by atoms with E-state index < -0.39 is 0 Å². The summed E-state index contributed by atoms with van der Waals surface area (Å²) < 4.78 is 1.84. The molecule has 2 rings (SSSR count). The van der Waals surface area contributed by atoms with Gasteiger partial charge in [-0.05, 0) is 7.05 Å². The van der Waals surface area contributed by atoms with Gasteiger partial charge in [0, 0.05) is 12.0 Å². The van der Waals surface area contributed by atoms with Crippen LogP contribution in [0.4, 0.5) is 0 Å². The van der Waals surface area contributed by atoms with Gasteiger partial charge in [0.25, 0.3) is 0 Å². The zero-order chi connectivity index (χ0) is 11.1. The third kappa shape index (κ3) is 1.87. The Kier molecular flexibility index (Phi) is 2.47. The van der Waals surface area contributed by atoms with E-state index >= 15 is 0 Å². The minimum Gasteiger partial charge on any atom is -0.313 e. The monoisotopic (exact) mass is 225 g/mol. The SMILES string of the molecule is CNCc1nn2c(C(C)(C)C)nnc2s1. The van der Waals surface area contributed by atoms with Crippen LogP contribution in [0.1, 0.15) is 31.6 Å². The molecule has 82 valence electrons. The van der Waals surface area contributed by atoms with Crippen LogP contribution in [0.15, 0.2) is 0 Å². The molecule has 0 radical (unpaired) electrons. The highest BCUT2D eigenvalue weighted by Gasteiger charge is 2.22. The Morgan fingerprint density at radius 1 is 1.33 bits per heavy atom. The topological polar surface area (TPSA) is 55.1 Å². The van der Waals surface area contributed by atoms with Crippen molar-refractivity contribution in [3.05, 3.63) is 10.8 Å². The largest absolute Gasteiger partial charge is 0.313 e. The van der Waals surface area contributed by atoms with Crippen LogP contribution >= 0.6 is 11.3 Å². The predicted octanol–water partition coefficient (Wildman–Crippen LogP) is 1.20. The first kappa shape index (κ1) is 10.5. The van der Waals surface area contributed by atoms with Gasteiger partial charge in [-0.1, -0.05) is 32.1 Å². The van der Waals surface area contributed by atoms with Crippen LogP contribution in [-0.2, 0) is 12.0 Å².